The highest BCUT2D eigenvalue weighted by Crippen LogP contribution is 2.27. The maximum atomic E-state index is 11.5. The van der Waals surface area contributed by atoms with Crippen LogP contribution < -0.4 is 5.32 Å². The van der Waals surface area contributed by atoms with E-state index in [9.17, 15) is 4.79 Å². The maximum Gasteiger partial charge on any atom is 0.340 e. The molecule has 0 amide bonds. The Labute approximate surface area is 111 Å². The van der Waals surface area contributed by atoms with Gasteiger partial charge < -0.3 is 10.1 Å². The smallest absolute Gasteiger partial charge is 0.340 e. The number of carbonyl (C=O) groups is 1. The Bertz CT molecular complexity index is 542. The number of methoxy groups -OCH3 is 1. The highest BCUT2D eigenvalue weighted by atomic mass is 79.9. The average Bonchev–Trinajstić information content (AvgIpc) is 2.76. The van der Waals surface area contributed by atoms with Crippen molar-refractivity contribution in [2.75, 3.05) is 12.4 Å². The third kappa shape index (κ3) is 2.83. The van der Waals surface area contributed by atoms with Gasteiger partial charge in [0, 0.05) is 0 Å². The number of ether oxygens (including phenoxy) is 1. The van der Waals surface area contributed by atoms with Gasteiger partial charge in [0.2, 0.25) is 0 Å². The third-order valence-electron chi connectivity index (χ3n) is 2.03. The van der Waals surface area contributed by atoms with Crippen molar-refractivity contribution >= 4 is 44.1 Å². The molecule has 0 saturated carbocycles. The molecule has 88 valence electrons. The summed E-state index contributed by atoms with van der Waals surface area (Å²) in [6.45, 7) is 0. The van der Waals surface area contributed by atoms with Crippen LogP contribution in [-0.2, 0) is 4.74 Å². The molecule has 1 N–H and O–H groups in total. The van der Waals surface area contributed by atoms with Crippen molar-refractivity contribution in [3.05, 3.63) is 39.8 Å². The van der Waals surface area contributed by atoms with Gasteiger partial charge in [-0.2, -0.15) is 0 Å². The van der Waals surface area contributed by atoms with Gasteiger partial charge in [0.25, 0.3) is 0 Å². The average molecular weight is 313 g/mol. The van der Waals surface area contributed by atoms with Crippen molar-refractivity contribution in [3.63, 3.8) is 0 Å². The molecule has 0 fully saturated rings. The number of thiophene rings is 1. The van der Waals surface area contributed by atoms with Crippen LogP contribution in [0.4, 0.5) is 10.8 Å². The van der Waals surface area contributed by atoms with E-state index in [4.69, 9.17) is 4.74 Å². The second-order valence-corrected chi connectivity index (χ2v) is 4.85. The first-order chi connectivity index (χ1) is 8.20. The molecule has 6 heteroatoms. The number of rotatable bonds is 3. The van der Waals surface area contributed by atoms with Crippen LogP contribution in [0, 0.1) is 0 Å². The second kappa shape index (κ2) is 5.29. The van der Waals surface area contributed by atoms with Crippen molar-refractivity contribution in [2.24, 2.45) is 0 Å². The number of halogens is 1. The molecule has 0 spiro atoms. The van der Waals surface area contributed by atoms with Gasteiger partial charge in [0.15, 0.2) is 0 Å². The summed E-state index contributed by atoms with van der Waals surface area (Å²) in [5, 5.41) is 5.64. The Morgan fingerprint density at radius 3 is 3.00 bits per heavy atom. The second-order valence-electron chi connectivity index (χ2n) is 3.13. The molecule has 0 atom stereocenters. The summed E-state index contributed by atoms with van der Waals surface area (Å²) in [4.78, 5) is 15.7. The lowest BCUT2D eigenvalue weighted by Gasteiger charge is -2.05. The van der Waals surface area contributed by atoms with E-state index in [1.807, 2.05) is 23.6 Å². The van der Waals surface area contributed by atoms with Gasteiger partial charge in [-0.3, -0.25) is 0 Å². The van der Waals surface area contributed by atoms with Gasteiger partial charge >= 0.3 is 5.97 Å². The number of pyridine rings is 1. The molecule has 2 aromatic rings. The van der Waals surface area contributed by atoms with Gasteiger partial charge in [-0.05, 0) is 39.5 Å². The Kier molecular flexibility index (Phi) is 3.75. The van der Waals surface area contributed by atoms with E-state index in [1.54, 1.807) is 6.07 Å². The first-order valence-electron chi connectivity index (χ1n) is 4.76. The topological polar surface area (TPSA) is 51.2 Å². The molecule has 2 aromatic heterocycles. The fraction of sp³-hybridized carbons (Fsp3) is 0.0909. The molecule has 0 saturated heterocycles. The van der Waals surface area contributed by atoms with Gasteiger partial charge in [0.1, 0.15) is 15.4 Å². The predicted octanol–water partition coefficient (Wildman–Crippen LogP) is 3.44. The van der Waals surface area contributed by atoms with Crippen LogP contribution in [0.25, 0.3) is 0 Å². The van der Waals surface area contributed by atoms with E-state index in [-0.39, 0.29) is 5.97 Å². The fourth-order valence-corrected chi connectivity index (χ4v) is 2.40. The van der Waals surface area contributed by atoms with Crippen molar-refractivity contribution in [3.8, 4) is 0 Å². The molecular weight excluding hydrogens is 304 g/mol. The summed E-state index contributed by atoms with van der Waals surface area (Å²) in [6, 6.07) is 7.24. The molecule has 0 bridgehead atoms. The van der Waals surface area contributed by atoms with E-state index in [1.165, 1.54) is 18.4 Å². The molecule has 0 aliphatic heterocycles. The number of hydrogen-bond donors (Lipinski definition) is 1. The number of aromatic nitrogens is 1. The van der Waals surface area contributed by atoms with Crippen LogP contribution >= 0.6 is 27.3 Å². The molecule has 0 unspecified atom stereocenters. The van der Waals surface area contributed by atoms with E-state index >= 15 is 0 Å². The summed E-state index contributed by atoms with van der Waals surface area (Å²) in [5.41, 5.74) is 0.513. The Balaban J connectivity index is 2.25. The van der Waals surface area contributed by atoms with Gasteiger partial charge in [-0.25, -0.2) is 9.78 Å². The van der Waals surface area contributed by atoms with Crippen LogP contribution in [-0.4, -0.2) is 18.1 Å². The molecule has 0 aliphatic rings. The summed E-state index contributed by atoms with van der Waals surface area (Å²) >= 11 is 4.71. The van der Waals surface area contributed by atoms with Crippen LogP contribution in [0.15, 0.2) is 34.2 Å². The molecule has 2 rings (SSSR count). The fourth-order valence-electron chi connectivity index (χ4n) is 1.27. The number of esters is 1. The molecule has 2 heterocycles. The zero-order chi connectivity index (χ0) is 12.3. The normalized spacial score (nSPS) is 10.0. The summed E-state index contributed by atoms with van der Waals surface area (Å²) < 4.78 is 5.43. The SMILES string of the molecule is COC(=O)c1ccsc1Nc1cccc(Br)n1. The Hall–Kier alpha value is -1.40. The Morgan fingerprint density at radius 2 is 2.29 bits per heavy atom. The molecule has 0 aliphatic carbocycles. The lowest BCUT2D eigenvalue weighted by Crippen LogP contribution is -2.03. The zero-order valence-electron chi connectivity index (χ0n) is 8.94. The lowest BCUT2D eigenvalue weighted by atomic mass is 10.3. The van der Waals surface area contributed by atoms with Crippen LogP contribution in [0.1, 0.15) is 10.4 Å². The van der Waals surface area contributed by atoms with E-state index in [0.717, 1.165) is 9.60 Å². The summed E-state index contributed by atoms with van der Waals surface area (Å²) in [6.07, 6.45) is 0. The Morgan fingerprint density at radius 1 is 1.47 bits per heavy atom. The van der Waals surface area contributed by atoms with Crippen molar-refractivity contribution in [1.82, 2.24) is 4.98 Å². The number of carbonyl (C=O) groups excluding carboxylic acids is 1. The van der Waals surface area contributed by atoms with Crippen molar-refractivity contribution in [2.45, 2.75) is 0 Å². The molecule has 0 radical (unpaired) electrons. The third-order valence-corrected chi connectivity index (χ3v) is 3.30. The number of anilines is 2. The van der Waals surface area contributed by atoms with Crippen molar-refractivity contribution < 1.29 is 9.53 Å². The molecule has 4 nitrogen and oxygen atoms in total. The standard InChI is InChI=1S/C11H9BrN2O2S/c1-16-11(15)7-5-6-17-10(7)14-9-4-2-3-8(12)13-9/h2-6H,1H3,(H,13,14). The highest BCUT2D eigenvalue weighted by molar-refractivity contribution is 9.10. The maximum absolute atomic E-state index is 11.5. The summed E-state index contributed by atoms with van der Waals surface area (Å²) in [7, 11) is 1.36. The number of hydrogen-bond acceptors (Lipinski definition) is 5. The minimum Gasteiger partial charge on any atom is -0.465 e. The quantitative estimate of drug-likeness (QED) is 0.697. The zero-order valence-corrected chi connectivity index (χ0v) is 11.3. The van der Waals surface area contributed by atoms with Crippen LogP contribution in [0.3, 0.4) is 0 Å². The lowest BCUT2D eigenvalue weighted by molar-refractivity contribution is 0.0602. The van der Waals surface area contributed by atoms with E-state index in [0.29, 0.717) is 11.4 Å². The van der Waals surface area contributed by atoms with E-state index < -0.39 is 0 Å². The largest absolute Gasteiger partial charge is 0.465 e. The molecule has 17 heavy (non-hydrogen) atoms. The number of nitrogens with zero attached hydrogens (tertiary/aromatic N) is 1. The van der Waals surface area contributed by atoms with Gasteiger partial charge in [0.05, 0.1) is 12.7 Å². The molecular formula is C11H9BrN2O2S. The van der Waals surface area contributed by atoms with Gasteiger partial charge in [-0.15, -0.1) is 11.3 Å². The van der Waals surface area contributed by atoms with Crippen LogP contribution in [0.2, 0.25) is 0 Å². The minimum absolute atomic E-state index is 0.358. The highest BCUT2D eigenvalue weighted by Gasteiger charge is 2.13. The van der Waals surface area contributed by atoms with E-state index in [2.05, 4.69) is 26.2 Å². The minimum atomic E-state index is -0.358. The first kappa shape index (κ1) is 12.1. The van der Waals surface area contributed by atoms with Gasteiger partial charge in [-0.1, -0.05) is 6.07 Å². The monoisotopic (exact) mass is 312 g/mol. The predicted molar refractivity (Wildman–Crippen MR) is 70.9 cm³/mol. The molecule has 0 aromatic carbocycles. The summed E-state index contributed by atoms with van der Waals surface area (Å²) in [5.74, 6) is 0.315. The van der Waals surface area contributed by atoms with Crippen molar-refractivity contribution in [1.29, 1.82) is 0 Å². The number of nitrogens with one attached hydrogen (secondary N) is 1. The first-order valence-corrected chi connectivity index (χ1v) is 6.43. The van der Waals surface area contributed by atoms with Crippen LogP contribution in [0.5, 0.6) is 0 Å².